The SMILES string of the molecule is c1nc(C2CCOCC2)cc(N2CCCNCC2)n1. The number of nitrogens with zero attached hydrogens (tertiary/aromatic N) is 3. The van der Waals surface area contributed by atoms with E-state index < -0.39 is 0 Å². The summed E-state index contributed by atoms with van der Waals surface area (Å²) in [5.74, 6) is 1.63. The van der Waals surface area contributed by atoms with Crippen LogP contribution in [0.3, 0.4) is 0 Å². The van der Waals surface area contributed by atoms with Gasteiger partial charge in [-0.25, -0.2) is 9.97 Å². The topological polar surface area (TPSA) is 50.3 Å². The van der Waals surface area contributed by atoms with Crippen LogP contribution in [0.4, 0.5) is 5.82 Å². The number of hydrogen-bond donors (Lipinski definition) is 1. The van der Waals surface area contributed by atoms with E-state index in [1.165, 1.54) is 12.1 Å². The highest BCUT2D eigenvalue weighted by atomic mass is 16.5. The van der Waals surface area contributed by atoms with Gasteiger partial charge in [-0.05, 0) is 25.8 Å². The van der Waals surface area contributed by atoms with Crippen molar-refractivity contribution in [1.29, 1.82) is 0 Å². The lowest BCUT2D eigenvalue weighted by Gasteiger charge is -2.24. The Morgan fingerprint density at radius 2 is 2.05 bits per heavy atom. The van der Waals surface area contributed by atoms with Gasteiger partial charge in [0.25, 0.3) is 0 Å². The summed E-state index contributed by atoms with van der Waals surface area (Å²) in [6, 6.07) is 2.18. The van der Waals surface area contributed by atoms with Crippen LogP contribution < -0.4 is 10.2 Å². The van der Waals surface area contributed by atoms with Gasteiger partial charge in [0, 0.05) is 50.5 Å². The van der Waals surface area contributed by atoms with Crippen LogP contribution >= 0.6 is 0 Å². The number of ether oxygens (including phenoxy) is 1. The van der Waals surface area contributed by atoms with Crippen LogP contribution in [0.25, 0.3) is 0 Å². The molecule has 0 radical (unpaired) electrons. The molecule has 2 aliphatic rings. The summed E-state index contributed by atoms with van der Waals surface area (Å²) < 4.78 is 5.42. The zero-order valence-corrected chi connectivity index (χ0v) is 11.3. The van der Waals surface area contributed by atoms with Gasteiger partial charge in [0.1, 0.15) is 12.1 Å². The molecule has 19 heavy (non-hydrogen) atoms. The molecule has 0 unspecified atom stereocenters. The Morgan fingerprint density at radius 1 is 1.16 bits per heavy atom. The van der Waals surface area contributed by atoms with Crippen LogP contribution in [0.1, 0.15) is 30.9 Å². The lowest BCUT2D eigenvalue weighted by atomic mass is 9.96. The highest BCUT2D eigenvalue weighted by Gasteiger charge is 2.19. The highest BCUT2D eigenvalue weighted by Crippen LogP contribution is 2.26. The molecule has 2 saturated heterocycles. The third kappa shape index (κ3) is 3.22. The number of anilines is 1. The molecule has 5 nitrogen and oxygen atoms in total. The van der Waals surface area contributed by atoms with E-state index in [1.54, 1.807) is 6.33 Å². The molecule has 3 heterocycles. The first-order valence-electron chi connectivity index (χ1n) is 7.29. The fourth-order valence-electron chi connectivity index (χ4n) is 2.83. The average molecular weight is 262 g/mol. The molecule has 3 rings (SSSR count). The van der Waals surface area contributed by atoms with Crippen molar-refractivity contribution in [3.05, 3.63) is 18.1 Å². The van der Waals surface area contributed by atoms with Gasteiger partial charge in [-0.2, -0.15) is 0 Å². The largest absolute Gasteiger partial charge is 0.381 e. The van der Waals surface area contributed by atoms with Crippen LogP contribution in [0, 0.1) is 0 Å². The van der Waals surface area contributed by atoms with Gasteiger partial charge in [-0.15, -0.1) is 0 Å². The second-order valence-corrected chi connectivity index (χ2v) is 5.28. The Balaban J connectivity index is 1.74. The van der Waals surface area contributed by atoms with Crippen molar-refractivity contribution < 1.29 is 4.74 Å². The van der Waals surface area contributed by atoms with Gasteiger partial charge in [0.05, 0.1) is 0 Å². The van der Waals surface area contributed by atoms with Crippen LogP contribution in [0.2, 0.25) is 0 Å². The van der Waals surface area contributed by atoms with Crippen molar-refractivity contribution in [2.75, 3.05) is 44.3 Å². The van der Waals surface area contributed by atoms with Crippen LogP contribution in [0.15, 0.2) is 12.4 Å². The summed E-state index contributed by atoms with van der Waals surface area (Å²) in [5.41, 5.74) is 1.19. The predicted molar refractivity (Wildman–Crippen MR) is 74.5 cm³/mol. The van der Waals surface area contributed by atoms with Gasteiger partial charge in [0.15, 0.2) is 0 Å². The average Bonchev–Trinajstić information content (AvgIpc) is 2.77. The van der Waals surface area contributed by atoms with Gasteiger partial charge in [-0.3, -0.25) is 0 Å². The van der Waals surface area contributed by atoms with Crippen LogP contribution in [-0.2, 0) is 4.74 Å². The van der Waals surface area contributed by atoms with Crippen molar-refractivity contribution in [2.24, 2.45) is 0 Å². The minimum Gasteiger partial charge on any atom is -0.381 e. The van der Waals surface area contributed by atoms with E-state index in [9.17, 15) is 0 Å². The monoisotopic (exact) mass is 262 g/mol. The van der Waals surface area contributed by atoms with Gasteiger partial charge < -0.3 is 15.0 Å². The van der Waals surface area contributed by atoms with Crippen molar-refractivity contribution in [3.63, 3.8) is 0 Å². The molecule has 0 aromatic carbocycles. The number of nitrogens with one attached hydrogen (secondary N) is 1. The molecule has 1 N–H and O–H groups in total. The molecule has 0 spiro atoms. The minimum atomic E-state index is 0.542. The van der Waals surface area contributed by atoms with Crippen molar-refractivity contribution in [3.8, 4) is 0 Å². The molecule has 5 heteroatoms. The molecular formula is C14H22N4O. The fraction of sp³-hybridized carbons (Fsp3) is 0.714. The minimum absolute atomic E-state index is 0.542. The molecule has 2 aliphatic heterocycles. The maximum Gasteiger partial charge on any atom is 0.132 e. The zero-order valence-electron chi connectivity index (χ0n) is 11.3. The van der Waals surface area contributed by atoms with Crippen molar-refractivity contribution in [2.45, 2.75) is 25.2 Å². The first-order valence-corrected chi connectivity index (χ1v) is 7.29. The molecule has 104 valence electrons. The van der Waals surface area contributed by atoms with E-state index in [0.29, 0.717) is 5.92 Å². The third-order valence-electron chi connectivity index (χ3n) is 3.98. The van der Waals surface area contributed by atoms with Gasteiger partial charge in [0.2, 0.25) is 0 Å². The Kier molecular flexibility index (Phi) is 4.25. The van der Waals surface area contributed by atoms with E-state index in [4.69, 9.17) is 4.74 Å². The summed E-state index contributed by atoms with van der Waals surface area (Å²) in [7, 11) is 0. The molecular weight excluding hydrogens is 240 g/mol. The lowest BCUT2D eigenvalue weighted by molar-refractivity contribution is 0.0845. The maximum absolute atomic E-state index is 5.42. The van der Waals surface area contributed by atoms with Crippen LogP contribution in [-0.4, -0.2) is 49.4 Å². The quantitative estimate of drug-likeness (QED) is 0.867. The fourth-order valence-corrected chi connectivity index (χ4v) is 2.83. The first kappa shape index (κ1) is 12.8. The zero-order chi connectivity index (χ0) is 12.9. The Labute approximate surface area is 114 Å². The summed E-state index contributed by atoms with van der Waals surface area (Å²) in [4.78, 5) is 11.3. The number of hydrogen-bond acceptors (Lipinski definition) is 5. The smallest absolute Gasteiger partial charge is 0.132 e. The molecule has 0 atom stereocenters. The number of aromatic nitrogens is 2. The van der Waals surface area contributed by atoms with Crippen molar-refractivity contribution >= 4 is 5.82 Å². The predicted octanol–water partition coefficient (Wildman–Crippen LogP) is 1.17. The number of rotatable bonds is 2. The summed E-state index contributed by atoms with van der Waals surface area (Å²) >= 11 is 0. The second kappa shape index (κ2) is 6.30. The molecule has 1 aromatic rings. The maximum atomic E-state index is 5.42. The van der Waals surface area contributed by atoms with Crippen molar-refractivity contribution in [1.82, 2.24) is 15.3 Å². The second-order valence-electron chi connectivity index (χ2n) is 5.28. The highest BCUT2D eigenvalue weighted by molar-refractivity contribution is 5.40. The third-order valence-corrected chi connectivity index (χ3v) is 3.98. The normalized spacial score (nSPS) is 22.2. The first-order chi connectivity index (χ1) is 9.43. The molecule has 2 fully saturated rings. The van der Waals surface area contributed by atoms with E-state index >= 15 is 0 Å². The Hall–Kier alpha value is -1.20. The molecule has 0 aliphatic carbocycles. The van der Waals surface area contributed by atoms with Gasteiger partial charge >= 0.3 is 0 Å². The Bertz CT molecular complexity index is 398. The Morgan fingerprint density at radius 3 is 2.95 bits per heavy atom. The van der Waals surface area contributed by atoms with E-state index in [0.717, 1.165) is 58.1 Å². The van der Waals surface area contributed by atoms with Gasteiger partial charge in [-0.1, -0.05) is 0 Å². The lowest BCUT2D eigenvalue weighted by Crippen LogP contribution is -2.29. The molecule has 0 bridgehead atoms. The molecule has 0 amide bonds. The molecule has 1 aromatic heterocycles. The summed E-state index contributed by atoms with van der Waals surface area (Å²) in [5, 5.41) is 3.42. The van der Waals surface area contributed by atoms with Crippen LogP contribution in [0.5, 0.6) is 0 Å². The van der Waals surface area contributed by atoms with E-state index in [-0.39, 0.29) is 0 Å². The summed E-state index contributed by atoms with van der Waals surface area (Å²) in [6.07, 6.45) is 5.06. The van der Waals surface area contributed by atoms with E-state index in [2.05, 4.69) is 26.3 Å². The molecule has 0 saturated carbocycles. The van der Waals surface area contributed by atoms with E-state index in [1.807, 2.05) is 0 Å². The summed E-state index contributed by atoms with van der Waals surface area (Å²) in [6.45, 7) is 5.97. The standard InChI is InChI=1S/C14H22N4O/c1-4-15-5-7-18(6-1)14-10-13(16-11-17-14)12-2-8-19-9-3-12/h10-12,15H,1-9H2.